The maximum Gasteiger partial charge on any atom is 0.433 e. The minimum absolute atomic E-state index is 0.00990. The third-order valence-electron chi connectivity index (χ3n) is 6.90. The van der Waals surface area contributed by atoms with Crippen LogP contribution in [0, 0.1) is 6.92 Å². The fraction of sp³-hybridized carbons (Fsp3) is 0.296. The highest BCUT2D eigenvalue weighted by atomic mass is 35.5. The molecule has 0 bridgehead atoms. The van der Waals surface area contributed by atoms with Crippen molar-refractivity contribution in [3.05, 3.63) is 75.2 Å². The van der Waals surface area contributed by atoms with Gasteiger partial charge in [0.1, 0.15) is 11.3 Å². The van der Waals surface area contributed by atoms with Gasteiger partial charge in [-0.15, -0.1) is 11.3 Å². The maximum absolute atomic E-state index is 14.3. The smallest absolute Gasteiger partial charge is 0.433 e. The number of nitrogens with zero attached hydrogens (tertiary/aromatic N) is 5. The van der Waals surface area contributed by atoms with E-state index < -0.39 is 17.8 Å². The number of methoxy groups -OCH3 is 1. The maximum atomic E-state index is 14.3. The Balaban J connectivity index is 1.50. The van der Waals surface area contributed by atoms with E-state index in [4.69, 9.17) is 16.3 Å². The first-order valence-corrected chi connectivity index (χ1v) is 13.3. The summed E-state index contributed by atoms with van der Waals surface area (Å²) in [5, 5.41) is 6.48. The molecule has 7 nitrogen and oxygen atoms in total. The number of carbonyl (C=O) groups is 1. The van der Waals surface area contributed by atoms with Crippen molar-refractivity contribution in [2.24, 2.45) is 0 Å². The fourth-order valence-corrected chi connectivity index (χ4v) is 6.06. The van der Waals surface area contributed by atoms with Crippen LogP contribution in [-0.4, -0.2) is 63.1 Å². The molecule has 1 fully saturated rings. The number of hydrogen-bond acceptors (Lipinski definition) is 6. The van der Waals surface area contributed by atoms with Crippen molar-refractivity contribution >= 4 is 40.2 Å². The molecule has 4 aromatic rings. The van der Waals surface area contributed by atoms with Crippen LogP contribution in [0.1, 0.15) is 33.4 Å². The van der Waals surface area contributed by atoms with E-state index in [-0.39, 0.29) is 28.5 Å². The van der Waals surface area contributed by atoms with Crippen molar-refractivity contribution in [3.8, 4) is 17.0 Å². The largest absolute Gasteiger partial charge is 0.497 e. The number of aromatic nitrogens is 3. The number of carbonyl (C=O) groups excluding carboxylic acids is 1. The number of fused-ring (bicyclic) bond motifs is 1. The van der Waals surface area contributed by atoms with E-state index in [0.29, 0.717) is 36.0 Å². The van der Waals surface area contributed by atoms with Crippen LogP contribution in [0.25, 0.3) is 22.6 Å². The van der Waals surface area contributed by atoms with Gasteiger partial charge in [0, 0.05) is 42.5 Å². The van der Waals surface area contributed by atoms with Crippen LogP contribution in [0.5, 0.6) is 5.75 Å². The van der Waals surface area contributed by atoms with Crippen LogP contribution in [0.15, 0.2) is 48.5 Å². The lowest BCUT2D eigenvalue weighted by Crippen LogP contribution is -2.53. The van der Waals surface area contributed by atoms with Crippen molar-refractivity contribution in [2.75, 3.05) is 26.7 Å². The predicted molar refractivity (Wildman–Crippen MR) is 145 cm³/mol. The van der Waals surface area contributed by atoms with Gasteiger partial charge in [-0.25, -0.2) is 9.50 Å². The summed E-state index contributed by atoms with van der Waals surface area (Å²) in [6, 6.07) is 8.13. The van der Waals surface area contributed by atoms with Gasteiger partial charge in [0.15, 0.2) is 11.3 Å². The minimum atomic E-state index is -4.72. The Labute approximate surface area is 232 Å². The van der Waals surface area contributed by atoms with Gasteiger partial charge in [0.05, 0.1) is 28.9 Å². The molecule has 1 atom stereocenters. The number of alkyl halides is 3. The standard InChI is InChI=1S/C27H25ClF3N5O2S/c1-15-14-34(17(3)23-21(28)9-12-39-23)10-11-35(15)26(37)20-13-32-36-24(27(29,30)31)16(2)22(33-25(20)36)18-5-7-19(38-4)8-6-18/h5-9,12-13,15H,3,10-11,14H2,1-2,4H3/t15-/m1/s1. The van der Waals surface area contributed by atoms with Gasteiger partial charge in [0.25, 0.3) is 5.91 Å². The molecule has 0 radical (unpaired) electrons. The first-order chi connectivity index (χ1) is 18.5. The lowest BCUT2D eigenvalue weighted by Gasteiger charge is -2.41. The molecule has 5 rings (SSSR count). The van der Waals surface area contributed by atoms with Gasteiger partial charge in [0.2, 0.25) is 0 Å². The molecule has 3 aromatic heterocycles. The summed E-state index contributed by atoms with van der Waals surface area (Å²) in [7, 11) is 1.50. The van der Waals surface area contributed by atoms with Crippen molar-refractivity contribution in [3.63, 3.8) is 0 Å². The van der Waals surface area contributed by atoms with Crippen LogP contribution in [0.4, 0.5) is 13.2 Å². The third-order valence-corrected chi connectivity index (χ3v) is 8.29. The van der Waals surface area contributed by atoms with E-state index in [1.807, 2.05) is 18.4 Å². The topological polar surface area (TPSA) is 63.0 Å². The van der Waals surface area contributed by atoms with Gasteiger partial charge in [-0.3, -0.25) is 4.79 Å². The Kier molecular flexibility index (Phi) is 7.06. The van der Waals surface area contributed by atoms with Crippen LogP contribution in [0.3, 0.4) is 0 Å². The predicted octanol–water partition coefficient (Wildman–Crippen LogP) is 6.26. The van der Waals surface area contributed by atoms with Crippen LogP contribution in [0.2, 0.25) is 5.02 Å². The average molecular weight is 576 g/mol. The van der Waals surface area contributed by atoms with Gasteiger partial charge in [-0.2, -0.15) is 18.3 Å². The minimum Gasteiger partial charge on any atom is -0.497 e. The normalized spacial score (nSPS) is 16.1. The second-order valence-electron chi connectivity index (χ2n) is 9.29. The number of hydrogen-bond donors (Lipinski definition) is 0. The Hall–Kier alpha value is -3.57. The van der Waals surface area contributed by atoms with Gasteiger partial charge in [-0.05, 0) is 49.6 Å². The Morgan fingerprint density at radius 1 is 1.21 bits per heavy atom. The molecule has 1 saturated heterocycles. The molecule has 39 heavy (non-hydrogen) atoms. The molecule has 0 N–H and O–H groups in total. The summed E-state index contributed by atoms with van der Waals surface area (Å²) in [5.74, 6) is 0.132. The van der Waals surface area contributed by atoms with Crippen molar-refractivity contribution in [1.29, 1.82) is 0 Å². The van der Waals surface area contributed by atoms with E-state index in [1.165, 1.54) is 31.6 Å². The van der Waals surface area contributed by atoms with E-state index >= 15 is 0 Å². The summed E-state index contributed by atoms with van der Waals surface area (Å²) >= 11 is 7.77. The summed E-state index contributed by atoms with van der Waals surface area (Å²) in [6.45, 7) is 8.77. The second kappa shape index (κ2) is 10.2. The van der Waals surface area contributed by atoms with Gasteiger partial charge < -0.3 is 14.5 Å². The molecule has 0 spiro atoms. The number of thiophene rings is 1. The van der Waals surface area contributed by atoms with E-state index in [2.05, 4.69) is 21.6 Å². The highest BCUT2D eigenvalue weighted by Crippen LogP contribution is 2.37. The average Bonchev–Trinajstić information content (AvgIpc) is 3.52. The lowest BCUT2D eigenvalue weighted by atomic mass is 10.0. The first-order valence-electron chi connectivity index (χ1n) is 12.1. The molecule has 1 aliphatic rings. The van der Waals surface area contributed by atoms with Gasteiger partial charge >= 0.3 is 6.18 Å². The highest BCUT2D eigenvalue weighted by molar-refractivity contribution is 7.11. The number of ether oxygens (including phenoxy) is 1. The number of rotatable bonds is 5. The van der Waals surface area contributed by atoms with Gasteiger partial charge in [-0.1, -0.05) is 18.2 Å². The summed E-state index contributed by atoms with van der Waals surface area (Å²) in [5.41, 5.74) is 0.168. The molecule has 1 amide bonds. The summed E-state index contributed by atoms with van der Waals surface area (Å²) in [4.78, 5) is 22.8. The molecule has 0 unspecified atom stereocenters. The quantitative estimate of drug-likeness (QED) is 0.281. The molecule has 4 heterocycles. The molecular weight excluding hydrogens is 551 g/mol. The zero-order valence-corrected chi connectivity index (χ0v) is 23.0. The monoisotopic (exact) mass is 575 g/mol. The second-order valence-corrected chi connectivity index (χ2v) is 10.6. The Morgan fingerprint density at radius 2 is 1.92 bits per heavy atom. The number of piperazine rings is 1. The zero-order chi connectivity index (χ0) is 28.1. The molecule has 12 heteroatoms. The van der Waals surface area contributed by atoms with Crippen molar-refractivity contribution in [2.45, 2.75) is 26.1 Å². The van der Waals surface area contributed by atoms with Crippen LogP contribution < -0.4 is 4.74 Å². The lowest BCUT2D eigenvalue weighted by molar-refractivity contribution is -0.143. The highest BCUT2D eigenvalue weighted by Gasteiger charge is 2.39. The van der Waals surface area contributed by atoms with E-state index in [9.17, 15) is 18.0 Å². The summed E-state index contributed by atoms with van der Waals surface area (Å²) in [6.07, 6.45) is -3.55. The SMILES string of the molecule is C=C(c1sccc1Cl)N1CCN(C(=O)c2cnn3c(C(F)(F)F)c(C)c(-c4ccc(OC)cc4)nc23)[C@H](C)C1. The molecule has 204 valence electrons. The van der Waals surface area contributed by atoms with E-state index in [1.54, 1.807) is 29.2 Å². The first kappa shape index (κ1) is 27.0. The Bertz CT molecular complexity index is 1560. The molecule has 1 aliphatic heterocycles. The zero-order valence-electron chi connectivity index (χ0n) is 21.4. The number of benzene rings is 1. The molecule has 1 aromatic carbocycles. The molecule has 0 saturated carbocycles. The van der Waals surface area contributed by atoms with Crippen molar-refractivity contribution in [1.82, 2.24) is 24.4 Å². The third kappa shape index (κ3) is 4.85. The molecule has 0 aliphatic carbocycles. The Morgan fingerprint density at radius 3 is 2.51 bits per heavy atom. The van der Waals surface area contributed by atoms with Crippen LogP contribution in [-0.2, 0) is 6.18 Å². The van der Waals surface area contributed by atoms with E-state index in [0.717, 1.165) is 15.1 Å². The number of halogens is 4. The fourth-order valence-electron chi connectivity index (χ4n) is 4.89. The van der Waals surface area contributed by atoms with Crippen molar-refractivity contribution < 1.29 is 22.7 Å². The molecular formula is C27H25ClF3N5O2S. The number of amides is 1. The van der Waals surface area contributed by atoms with Crippen LogP contribution >= 0.6 is 22.9 Å². The summed E-state index contributed by atoms with van der Waals surface area (Å²) < 4.78 is 48.7.